The number of likely N-dealkylation sites (N-methyl/N-ethyl adjacent to an activating group) is 1. The van der Waals surface area contributed by atoms with E-state index in [0.29, 0.717) is 11.1 Å². The number of nitrogens with one attached hydrogen (secondary N) is 1. The molecule has 0 heterocycles. The molecule has 0 aromatic heterocycles. The molecule has 2 rings (SSSR count). The van der Waals surface area contributed by atoms with E-state index in [-0.39, 0.29) is 23.6 Å². The molecule has 0 saturated carbocycles. The molecule has 0 unspecified atom stereocenters. The monoisotopic (exact) mass is 410 g/mol. The van der Waals surface area contributed by atoms with E-state index in [1.807, 2.05) is 0 Å². The molecule has 2 aromatic carbocycles. The largest absolute Gasteiger partial charge is 0.355 e. The van der Waals surface area contributed by atoms with E-state index in [0.717, 1.165) is 22.5 Å². The van der Waals surface area contributed by atoms with Gasteiger partial charge in [0.05, 0.1) is 11.4 Å². The van der Waals surface area contributed by atoms with Crippen LogP contribution in [0.1, 0.15) is 22.8 Å². The van der Waals surface area contributed by atoms with Crippen LogP contribution in [0.3, 0.4) is 0 Å². The van der Waals surface area contributed by atoms with E-state index in [2.05, 4.69) is 5.32 Å². The summed E-state index contributed by atoms with van der Waals surface area (Å²) in [6, 6.07) is 8.50. The molecule has 9 heteroatoms. The van der Waals surface area contributed by atoms with E-state index in [4.69, 9.17) is 0 Å². The van der Waals surface area contributed by atoms with E-state index in [1.165, 1.54) is 38.2 Å². The van der Waals surface area contributed by atoms with Crippen LogP contribution in [0.2, 0.25) is 0 Å². The van der Waals surface area contributed by atoms with Crippen molar-refractivity contribution in [1.29, 1.82) is 0 Å². The maximum absolute atomic E-state index is 13.1. The van der Waals surface area contributed by atoms with E-state index in [9.17, 15) is 26.8 Å². The lowest BCUT2D eigenvalue weighted by Gasteiger charge is -2.17. The van der Waals surface area contributed by atoms with Gasteiger partial charge in [0.2, 0.25) is 15.9 Å². The second-order valence-corrected chi connectivity index (χ2v) is 8.26. The highest BCUT2D eigenvalue weighted by Gasteiger charge is 2.23. The number of nitrogens with zero attached hydrogens (tertiary/aromatic N) is 1. The molecule has 0 atom stereocenters. The van der Waals surface area contributed by atoms with Gasteiger partial charge in [-0.2, -0.15) is 4.31 Å². The van der Waals surface area contributed by atoms with Crippen molar-refractivity contribution < 1.29 is 26.8 Å². The van der Waals surface area contributed by atoms with Crippen LogP contribution < -0.4 is 5.32 Å². The number of rotatable bonds is 8. The Morgan fingerprint density at radius 1 is 1.04 bits per heavy atom. The van der Waals surface area contributed by atoms with Gasteiger partial charge >= 0.3 is 0 Å². The summed E-state index contributed by atoms with van der Waals surface area (Å²) in [5, 5.41) is 2.51. The molecule has 0 saturated heterocycles. The van der Waals surface area contributed by atoms with Crippen LogP contribution in [-0.4, -0.2) is 44.6 Å². The van der Waals surface area contributed by atoms with Crippen molar-refractivity contribution in [3.63, 3.8) is 0 Å². The molecule has 0 aliphatic rings. The molecule has 2 aromatic rings. The highest BCUT2D eigenvalue weighted by atomic mass is 32.2. The number of halogens is 2. The van der Waals surface area contributed by atoms with E-state index >= 15 is 0 Å². The molecule has 1 N–H and O–H groups in total. The van der Waals surface area contributed by atoms with Crippen molar-refractivity contribution in [2.75, 3.05) is 20.1 Å². The zero-order chi connectivity index (χ0) is 20.9. The Morgan fingerprint density at radius 3 is 2.14 bits per heavy atom. The molecule has 150 valence electrons. The fourth-order valence-corrected chi connectivity index (χ4v) is 3.61. The van der Waals surface area contributed by atoms with Crippen LogP contribution in [0.25, 0.3) is 0 Å². The number of carbonyl (C=O) groups is 2. The summed E-state index contributed by atoms with van der Waals surface area (Å²) in [4.78, 5) is 23.2. The zero-order valence-electron chi connectivity index (χ0n) is 15.4. The summed E-state index contributed by atoms with van der Waals surface area (Å²) >= 11 is 0. The van der Waals surface area contributed by atoms with Gasteiger partial charge < -0.3 is 5.32 Å². The van der Waals surface area contributed by atoms with Crippen molar-refractivity contribution in [3.8, 4) is 0 Å². The Balaban J connectivity index is 1.92. The number of ketones is 1. The maximum Gasteiger partial charge on any atom is 0.243 e. The van der Waals surface area contributed by atoms with Crippen molar-refractivity contribution >= 4 is 21.7 Å². The molecule has 0 bridgehead atoms. The lowest BCUT2D eigenvalue weighted by molar-refractivity contribution is -0.121. The number of Topliss-reactive ketones (excluding diaryl/α,β-unsaturated/α-hetero) is 1. The zero-order valence-corrected chi connectivity index (χ0v) is 16.2. The highest BCUT2D eigenvalue weighted by molar-refractivity contribution is 7.89. The Bertz CT molecular complexity index is 956. The van der Waals surface area contributed by atoms with E-state index in [1.54, 1.807) is 0 Å². The summed E-state index contributed by atoms with van der Waals surface area (Å²) in [6.45, 7) is 1.05. The van der Waals surface area contributed by atoms with Crippen molar-refractivity contribution in [2.24, 2.45) is 0 Å². The summed E-state index contributed by atoms with van der Waals surface area (Å²) < 4.78 is 52.1. The first-order valence-corrected chi connectivity index (χ1v) is 9.82. The SMILES string of the molecule is CC(=O)c1ccc(S(=O)(=O)N(C)CC(=O)NCCc2cc(F)cc(F)c2)cc1. The van der Waals surface area contributed by atoms with Crippen molar-refractivity contribution in [2.45, 2.75) is 18.2 Å². The van der Waals surface area contributed by atoms with Gasteiger partial charge in [-0.1, -0.05) is 12.1 Å². The minimum absolute atomic E-state index is 0.0389. The second-order valence-electron chi connectivity index (χ2n) is 6.22. The first kappa shape index (κ1) is 21.6. The Labute approximate surface area is 162 Å². The fourth-order valence-electron chi connectivity index (χ4n) is 2.49. The van der Waals surface area contributed by atoms with Crippen LogP contribution in [0, 0.1) is 11.6 Å². The summed E-state index contributed by atoms with van der Waals surface area (Å²) in [5.74, 6) is -2.15. The van der Waals surface area contributed by atoms with Crippen LogP contribution in [0.15, 0.2) is 47.4 Å². The summed E-state index contributed by atoms with van der Waals surface area (Å²) in [7, 11) is -2.64. The quantitative estimate of drug-likeness (QED) is 0.676. The Morgan fingerprint density at radius 2 is 1.61 bits per heavy atom. The third-order valence-electron chi connectivity index (χ3n) is 3.99. The summed E-state index contributed by atoms with van der Waals surface area (Å²) in [5.41, 5.74) is 0.762. The minimum atomic E-state index is -3.90. The predicted octanol–water partition coefficient (Wildman–Crippen LogP) is 2.15. The van der Waals surface area contributed by atoms with Gasteiger partial charge in [-0.15, -0.1) is 0 Å². The van der Waals surface area contributed by atoms with Gasteiger partial charge in [0.15, 0.2) is 5.78 Å². The molecular formula is C19H20F2N2O4S. The van der Waals surface area contributed by atoms with Gasteiger partial charge in [0, 0.05) is 25.2 Å². The normalized spacial score (nSPS) is 11.5. The predicted molar refractivity (Wildman–Crippen MR) is 99.3 cm³/mol. The Kier molecular flexibility index (Phi) is 6.98. The topological polar surface area (TPSA) is 83.6 Å². The molecule has 0 fully saturated rings. The molecule has 0 spiro atoms. The third kappa shape index (κ3) is 5.67. The van der Waals surface area contributed by atoms with Gasteiger partial charge in [-0.3, -0.25) is 9.59 Å². The van der Waals surface area contributed by atoms with Gasteiger partial charge in [0.25, 0.3) is 0 Å². The molecule has 28 heavy (non-hydrogen) atoms. The number of amides is 1. The molecule has 0 aliphatic heterocycles. The fraction of sp³-hybridized carbons (Fsp3) is 0.263. The standard InChI is InChI=1S/C19H20F2N2O4S/c1-13(24)15-3-5-18(6-4-15)28(26,27)23(2)12-19(25)22-8-7-14-9-16(20)11-17(21)10-14/h3-6,9-11H,7-8,12H2,1-2H3,(H,22,25). The molecule has 0 aliphatic carbocycles. The van der Waals surface area contributed by atoms with Gasteiger partial charge in [-0.05, 0) is 43.2 Å². The van der Waals surface area contributed by atoms with Gasteiger partial charge in [-0.25, -0.2) is 17.2 Å². The van der Waals surface area contributed by atoms with Crippen LogP contribution >= 0.6 is 0 Å². The lowest BCUT2D eigenvalue weighted by atomic mass is 10.1. The van der Waals surface area contributed by atoms with Crippen LogP contribution in [-0.2, 0) is 21.2 Å². The molecule has 0 radical (unpaired) electrons. The van der Waals surface area contributed by atoms with Crippen LogP contribution in [0.4, 0.5) is 8.78 Å². The smallest absolute Gasteiger partial charge is 0.243 e. The molecule has 1 amide bonds. The summed E-state index contributed by atoms with van der Waals surface area (Å²) in [6.07, 6.45) is 0.198. The van der Waals surface area contributed by atoms with Crippen molar-refractivity contribution in [3.05, 3.63) is 65.2 Å². The highest BCUT2D eigenvalue weighted by Crippen LogP contribution is 2.15. The maximum atomic E-state index is 13.1. The second kappa shape index (κ2) is 9.03. The third-order valence-corrected chi connectivity index (χ3v) is 5.81. The average Bonchev–Trinajstić information content (AvgIpc) is 2.60. The number of hydrogen-bond donors (Lipinski definition) is 1. The first-order valence-electron chi connectivity index (χ1n) is 8.38. The number of sulfonamides is 1. The number of carbonyl (C=O) groups excluding carboxylic acids is 2. The number of benzene rings is 2. The van der Waals surface area contributed by atoms with Crippen molar-refractivity contribution in [1.82, 2.24) is 9.62 Å². The lowest BCUT2D eigenvalue weighted by Crippen LogP contribution is -2.39. The molecular weight excluding hydrogens is 390 g/mol. The molecule has 6 nitrogen and oxygen atoms in total. The van der Waals surface area contributed by atoms with E-state index < -0.39 is 34.1 Å². The minimum Gasteiger partial charge on any atom is -0.355 e. The van der Waals surface area contributed by atoms with Gasteiger partial charge in [0.1, 0.15) is 11.6 Å². The average molecular weight is 410 g/mol. The first-order chi connectivity index (χ1) is 13.1. The Hall–Kier alpha value is -2.65. The number of hydrogen-bond acceptors (Lipinski definition) is 4. The van der Waals surface area contributed by atoms with Crippen LogP contribution in [0.5, 0.6) is 0 Å².